The summed E-state index contributed by atoms with van der Waals surface area (Å²) in [6, 6.07) is 0. The van der Waals surface area contributed by atoms with Crippen molar-refractivity contribution >= 4 is 11.6 Å². The summed E-state index contributed by atoms with van der Waals surface area (Å²) in [5.41, 5.74) is 0.886. The lowest BCUT2D eigenvalue weighted by Gasteiger charge is -1.66. The fraction of sp³-hybridized carbons (Fsp3) is 0.500. The van der Waals surface area contributed by atoms with Crippen LogP contribution in [-0.4, -0.2) is 0 Å². The summed E-state index contributed by atoms with van der Waals surface area (Å²) in [4.78, 5) is 0. The molecule has 1 nitrogen and oxygen atoms in total. The van der Waals surface area contributed by atoms with Crippen LogP contribution in [0.3, 0.4) is 0 Å². The number of halogens is 1. The van der Waals surface area contributed by atoms with Gasteiger partial charge in [0.1, 0.15) is 0 Å². The Kier molecular flexibility index (Phi) is 0.771. The van der Waals surface area contributed by atoms with Gasteiger partial charge in [0, 0.05) is 0 Å². The van der Waals surface area contributed by atoms with Crippen LogP contribution in [0, 0.1) is 0 Å². The van der Waals surface area contributed by atoms with Crippen LogP contribution in [0.1, 0.15) is 12.8 Å². The van der Waals surface area contributed by atoms with Crippen molar-refractivity contribution in [2.24, 2.45) is 0 Å². The van der Waals surface area contributed by atoms with E-state index < -0.39 is 0 Å². The highest BCUT2D eigenvalue weighted by atomic mass is 35.5. The summed E-state index contributed by atoms with van der Waals surface area (Å²) >= 11 is 5.00. The van der Waals surface area contributed by atoms with Crippen molar-refractivity contribution in [2.45, 2.75) is 12.8 Å². The Morgan fingerprint density at radius 3 is 2.17 bits per heavy atom. The molecule has 0 spiro atoms. The van der Waals surface area contributed by atoms with E-state index in [1.54, 1.807) is 0 Å². The molecule has 1 fully saturated rings. The number of hydrogen-bond acceptors (Lipinski definition) is 0. The van der Waals surface area contributed by atoms with Gasteiger partial charge in [0.25, 0.3) is 0 Å². The molecule has 1 radical (unpaired) electrons. The summed E-state index contributed by atoms with van der Waals surface area (Å²) in [7, 11) is 0. The maximum absolute atomic E-state index is 9.93. The highest BCUT2D eigenvalue weighted by Crippen LogP contribution is 2.31. The van der Waals surface area contributed by atoms with Crippen LogP contribution in [0.25, 0.3) is 0 Å². The zero-order valence-electron chi connectivity index (χ0n) is 3.20. The van der Waals surface area contributed by atoms with Gasteiger partial charge in [0.05, 0.1) is 0 Å². The van der Waals surface area contributed by atoms with Crippen molar-refractivity contribution in [3.8, 4) is 0 Å². The lowest BCUT2D eigenvalue weighted by atomic mass is 10.7. The molecule has 0 aromatic rings. The normalized spacial score (nSPS) is 17.8. The van der Waals surface area contributed by atoms with Gasteiger partial charge in [-0.05, 0) is 30.0 Å². The molecule has 0 aromatic heterocycles. The lowest BCUT2D eigenvalue weighted by Crippen LogP contribution is -1.53. The third kappa shape index (κ3) is 0.658. The van der Waals surface area contributed by atoms with Gasteiger partial charge >= 0.3 is 0 Å². The van der Waals surface area contributed by atoms with E-state index >= 15 is 0 Å². The van der Waals surface area contributed by atoms with E-state index in [1.807, 2.05) is 0 Å². The molecule has 2 heteroatoms. The van der Waals surface area contributed by atoms with Crippen molar-refractivity contribution in [1.29, 1.82) is 0 Å². The first-order valence-corrected chi connectivity index (χ1v) is 2.23. The molecular weight excluding hydrogens is 99.5 g/mol. The Labute approximate surface area is 41.2 Å². The first kappa shape index (κ1) is 4.00. The summed E-state index contributed by atoms with van der Waals surface area (Å²) in [5.74, 6) is 0. The summed E-state index contributed by atoms with van der Waals surface area (Å²) in [5, 5.41) is 9.69. The molecule has 6 heavy (non-hydrogen) atoms. The summed E-state index contributed by atoms with van der Waals surface area (Å²) in [6.45, 7) is 0. The number of allylic oxidation sites excluding steroid dienone is 1. The van der Waals surface area contributed by atoms with E-state index in [0.29, 0.717) is 0 Å². The topological polar surface area (TPSA) is 19.9 Å². The molecule has 0 N–H and O–H groups in total. The molecule has 0 saturated heterocycles. The predicted molar refractivity (Wildman–Crippen MR) is 22.8 cm³/mol. The van der Waals surface area contributed by atoms with Crippen LogP contribution >= 0.6 is 11.6 Å². The van der Waals surface area contributed by atoms with Crippen LogP contribution < -0.4 is 0 Å². The highest BCUT2D eigenvalue weighted by Gasteiger charge is 2.16. The van der Waals surface area contributed by atoms with Crippen molar-refractivity contribution in [3.05, 3.63) is 10.8 Å². The highest BCUT2D eigenvalue weighted by molar-refractivity contribution is 6.28. The molecule has 1 aliphatic carbocycles. The Balaban J connectivity index is 2.61. The molecule has 0 amide bonds. The minimum Gasteiger partial charge on any atom is -0.276 e. The van der Waals surface area contributed by atoms with Crippen molar-refractivity contribution in [1.82, 2.24) is 0 Å². The second-order valence-corrected chi connectivity index (χ2v) is 1.72. The van der Waals surface area contributed by atoms with Crippen LogP contribution in [0.5, 0.6) is 0 Å². The lowest BCUT2D eigenvalue weighted by molar-refractivity contribution is 0.330. The maximum atomic E-state index is 9.93. The minimum atomic E-state index is -0.241. The van der Waals surface area contributed by atoms with E-state index in [4.69, 9.17) is 11.6 Å². The minimum absolute atomic E-state index is 0.241. The number of hydrogen-bond donors (Lipinski definition) is 0. The Morgan fingerprint density at radius 2 is 2.17 bits per heavy atom. The third-order valence-corrected chi connectivity index (χ3v) is 1.05. The van der Waals surface area contributed by atoms with Gasteiger partial charge in [0.15, 0.2) is 0 Å². The molecule has 0 atom stereocenters. The number of rotatable bonds is 0. The molecule has 1 saturated carbocycles. The Bertz CT molecular complexity index is 85.7. The first-order chi connectivity index (χ1) is 2.80. The second kappa shape index (κ2) is 1.16. The fourth-order valence-corrected chi connectivity index (χ4v) is 0.448. The standard InChI is InChI=1S/C4H4ClO/c5-4(6)3-1-2-3/h1-2H2. The summed E-state index contributed by atoms with van der Waals surface area (Å²) < 4.78 is 0. The van der Waals surface area contributed by atoms with Crippen LogP contribution in [-0.2, 0) is 5.11 Å². The second-order valence-electron chi connectivity index (χ2n) is 1.38. The molecule has 33 valence electrons. The largest absolute Gasteiger partial charge is 0.276 e. The Hall–Kier alpha value is -0.170. The van der Waals surface area contributed by atoms with Gasteiger partial charge in [0.2, 0.25) is 5.22 Å². The third-order valence-electron chi connectivity index (χ3n) is 0.778. The van der Waals surface area contributed by atoms with Crippen LogP contribution in [0.4, 0.5) is 0 Å². The zero-order valence-corrected chi connectivity index (χ0v) is 3.96. The fourth-order valence-electron chi connectivity index (χ4n) is 0.259. The molecular formula is C4H4ClO. The Morgan fingerprint density at radius 1 is 1.67 bits per heavy atom. The van der Waals surface area contributed by atoms with Gasteiger partial charge in [-0.25, -0.2) is 0 Å². The van der Waals surface area contributed by atoms with Gasteiger partial charge < -0.3 is 0 Å². The molecule has 1 aliphatic rings. The van der Waals surface area contributed by atoms with Crippen molar-refractivity contribution < 1.29 is 5.11 Å². The van der Waals surface area contributed by atoms with E-state index in [9.17, 15) is 5.11 Å². The molecule has 0 unspecified atom stereocenters. The van der Waals surface area contributed by atoms with Gasteiger partial charge in [-0.1, -0.05) is 0 Å². The predicted octanol–water partition coefficient (Wildman–Crippen LogP) is 1.66. The smallest absolute Gasteiger partial charge is 0.244 e. The van der Waals surface area contributed by atoms with E-state index in [2.05, 4.69) is 0 Å². The van der Waals surface area contributed by atoms with Crippen molar-refractivity contribution in [3.63, 3.8) is 0 Å². The average molecular weight is 104 g/mol. The average Bonchev–Trinajstić information content (AvgIpc) is 2.06. The molecule has 0 aliphatic heterocycles. The first-order valence-electron chi connectivity index (χ1n) is 1.85. The molecule has 0 bridgehead atoms. The zero-order chi connectivity index (χ0) is 4.57. The van der Waals surface area contributed by atoms with Gasteiger partial charge in [-0.3, -0.25) is 5.11 Å². The van der Waals surface area contributed by atoms with Gasteiger partial charge in [-0.2, -0.15) is 0 Å². The quantitative estimate of drug-likeness (QED) is 0.416. The van der Waals surface area contributed by atoms with E-state index in [1.165, 1.54) is 0 Å². The maximum Gasteiger partial charge on any atom is 0.244 e. The molecule has 0 heterocycles. The van der Waals surface area contributed by atoms with Crippen LogP contribution in [0.15, 0.2) is 10.8 Å². The molecule has 1 rings (SSSR count). The van der Waals surface area contributed by atoms with E-state index in [-0.39, 0.29) is 5.22 Å². The molecule has 0 aromatic carbocycles. The van der Waals surface area contributed by atoms with Gasteiger partial charge in [-0.15, -0.1) is 0 Å². The monoisotopic (exact) mass is 103 g/mol. The SMILES string of the molecule is [O]C(Cl)=C1CC1. The van der Waals surface area contributed by atoms with E-state index in [0.717, 1.165) is 18.4 Å². The van der Waals surface area contributed by atoms with Crippen LogP contribution in [0.2, 0.25) is 0 Å². The van der Waals surface area contributed by atoms with Crippen molar-refractivity contribution in [2.75, 3.05) is 0 Å². The summed E-state index contributed by atoms with van der Waals surface area (Å²) in [6.07, 6.45) is 1.87.